The molecule has 3 aromatic rings. The van der Waals surface area contributed by atoms with Crippen LogP contribution in [-0.4, -0.2) is 41.9 Å². The van der Waals surface area contributed by atoms with Crippen molar-refractivity contribution in [1.82, 2.24) is 14.3 Å². The predicted molar refractivity (Wildman–Crippen MR) is 115 cm³/mol. The maximum absolute atomic E-state index is 13.5. The van der Waals surface area contributed by atoms with Gasteiger partial charge in [0.05, 0.1) is 33.6 Å². The fourth-order valence-corrected chi connectivity index (χ4v) is 6.02. The van der Waals surface area contributed by atoms with Gasteiger partial charge < -0.3 is 9.72 Å². The maximum Gasteiger partial charge on any atom is 0.258 e. The Morgan fingerprint density at radius 3 is 2.57 bits per heavy atom. The highest BCUT2D eigenvalue weighted by Gasteiger charge is 2.33. The van der Waals surface area contributed by atoms with E-state index in [4.69, 9.17) is 27.9 Å². The van der Waals surface area contributed by atoms with Crippen LogP contribution >= 0.6 is 23.2 Å². The Hall–Kier alpha value is -1.97. The fraction of sp³-hybridized carbons (Fsp3) is 0.300. The lowest BCUT2D eigenvalue weighted by Gasteiger charge is -2.25. The number of hydrogen-bond donors (Lipinski definition) is 1. The fourth-order valence-electron chi connectivity index (χ4n) is 3.50. The van der Waals surface area contributed by atoms with Crippen molar-refractivity contribution in [3.05, 3.63) is 68.7 Å². The van der Waals surface area contributed by atoms with Crippen LogP contribution in [0.5, 0.6) is 0 Å². The molecular weight excluding hydrogens is 449 g/mol. The molecular formula is C20H19Cl2N3O4S. The number of ether oxygens (including phenoxy) is 1. The summed E-state index contributed by atoms with van der Waals surface area (Å²) >= 11 is 12.4. The van der Waals surface area contributed by atoms with Crippen molar-refractivity contribution in [2.75, 3.05) is 13.2 Å². The van der Waals surface area contributed by atoms with Crippen LogP contribution in [0.15, 0.2) is 52.2 Å². The van der Waals surface area contributed by atoms with Gasteiger partial charge in [0, 0.05) is 13.2 Å². The second-order valence-corrected chi connectivity index (χ2v) is 9.70. The third-order valence-electron chi connectivity index (χ3n) is 4.94. The SMILES string of the molecule is O=c1[nH]c(CN(CC2CCCO2)S(=O)(=O)c2c(Cl)cccc2Cl)nc2ccccc12. The lowest BCUT2D eigenvalue weighted by Crippen LogP contribution is -2.38. The van der Waals surface area contributed by atoms with Gasteiger partial charge in [-0.25, -0.2) is 13.4 Å². The normalized spacial score (nSPS) is 17.1. The smallest absolute Gasteiger partial charge is 0.258 e. The summed E-state index contributed by atoms with van der Waals surface area (Å²) in [5, 5.41) is 0.489. The molecule has 7 nitrogen and oxygen atoms in total. The minimum absolute atomic E-state index is 0.0276. The summed E-state index contributed by atoms with van der Waals surface area (Å²) in [6.45, 7) is 0.528. The molecule has 1 N–H and O–H groups in total. The molecule has 158 valence electrons. The van der Waals surface area contributed by atoms with Crippen LogP contribution in [-0.2, 0) is 21.3 Å². The molecule has 1 atom stereocenters. The van der Waals surface area contributed by atoms with Crippen LogP contribution < -0.4 is 5.56 Å². The third-order valence-corrected chi connectivity index (χ3v) is 7.70. The van der Waals surface area contributed by atoms with Crippen molar-refractivity contribution in [3.8, 4) is 0 Å². The molecule has 0 radical (unpaired) electrons. The van der Waals surface area contributed by atoms with E-state index in [1.807, 2.05) is 0 Å². The number of halogens is 2. The van der Waals surface area contributed by atoms with E-state index in [1.165, 1.54) is 16.4 Å². The van der Waals surface area contributed by atoms with Crippen molar-refractivity contribution in [2.45, 2.75) is 30.4 Å². The number of benzene rings is 2. The molecule has 30 heavy (non-hydrogen) atoms. The van der Waals surface area contributed by atoms with Crippen molar-refractivity contribution in [3.63, 3.8) is 0 Å². The molecule has 0 amide bonds. The summed E-state index contributed by atoms with van der Waals surface area (Å²) in [5.41, 5.74) is 0.155. The number of nitrogens with one attached hydrogen (secondary N) is 1. The van der Waals surface area contributed by atoms with Crippen molar-refractivity contribution in [2.24, 2.45) is 0 Å². The number of H-pyrrole nitrogens is 1. The van der Waals surface area contributed by atoms with Crippen LogP contribution in [0, 0.1) is 0 Å². The zero-order chi connectivity index (χ0) is 21.3. The molecule has 1 unspecified atom stereocenters. The van der Waals surface area contributed by atoms with Gasteiger partial charge in [-0.05, 0) is 37.1 Å². The first-order valence-electron chi connectivity index (χ1n) is 9.40. The largest absolute Gasteiger partial charge is 0.377 e. The van der Waals surface area contributed by atoms with Crippen LogP contribution in [0.4, 0.5) is 0 Å². The number of fused-ring (bicyclic) bond motifs is 1. The highest BCUT2D eigenvalue weighted by Crippen LogP contribution is 2.32. The van der Waals surface area contributed by atoms with Crippen molar-refractivity contribution < 1.29 is 13.2 Å². The standard InChI is InChI=1S/C20H19Cl2N3O4S/c21-15-7-3-8-16(22)19(15)30(27,28)25(11-13-5-4-10-29-13)12-18-23-17-9-2-1-6-14(17)20(26)24-18/h1-3,6-9,13H,4-5,10-12H2,(H,23,24,26). The van der Waals surface area contributed by atoms with Gasteiger partial charge in [-0.2, -0.15) is 4.31 Å². The minimum Gasteiger partial charge on any atom is -0.377 e. The lowest BCUT2D eigenvalue weighted by molar-refractivity contribution is 0.0921. The molecule has 1 aliphatic rings. The summed E-state index contributed by atoms with van der Waals surface area (Å²) in [7, 11) is -4.09. The average Bonchev–Trinajstić information content (AvgIpc) is 3.20. The van der Waals surface area contributed by atoms with E-state index in [1.54, 1.807) is 30.3 Å². The van der Waals surface area contributed by atoms with Gasteiger partial charge >= 0.3 is 0 Å². The van der Waals surface area contributed by atoms with Gasteiger partial charge in [0.15, 0.2) is 0 Å². The Morgan fingerprint density at radius 1 is 1.13 bits per heavy atom. The molecule has 0 spiro atoms. The number of para-hydroxylation sites is 1. The molecule has 0 aliphatic carbocycles. The molecule has 2 aromatic carbocycles. The zero-order valence-electron chi connectivity index (χ0n) is 15.8. The summed E-state index contributed by atoms with van der Waals surface area (Å²) in [6.07, 6.45) is 1.34. The number of aromatic amines is 1. The van der Waals surface area contributed by atoms with Crippen LogP contribution in [0.25, 0.3) is 10.9 Å². The van der Waals surface area contributed by atoms with Gasteiger partial charge in [0.2, 0.25) is 10.0 Å². The number of hydrogen-bond acceptors (Lipinski definition) is 5. The molecule has 1 aromatic heterocycles. The summed E-state index contributed by atoms with van der Waals surface area (Å²) in [5.74, 6) is 0.225. The summed E-state index contributed by atoms with van der Waals surface area (Å²) in [6, 6.07) is 11.4. The van der Waals surface area contributed by atoms with E-state index in [0.29, 0.717) is 17.5 Å². The quantitative estimate of drug-likeness (QED) is 0.597. The van der Waals surface area contributed by atoms with Gasteiger partial charge in [-0.1, -0.05) is 41.4 Å². The predicted octanol–water partition coefficient (Wildman–Crippen LogP) is 3.60. The number of rotatable bonds is 6. The highest BCUT2D eigenvalue weighted by molar-refractivity contribution is 7.89. The van der Waals surface area contributed by atoms with Crippen LogP contribution in [0.3, 0.4) is 0 Å². The molecule has 10 heteroatoms. The number of nitrogens with zero attached hydrogens (tertiary/aromatic N) is 2. The average molecular weight is 468 g/mol. The van der Waals surface area contributed by atoms with E-state index in [9.17, 15) is 13.2 Å². The van der Waals surface area contributed by atoms with E-state index in [0.717, 1.165) is 12.8 Å². The van der Waals surface area contributed by atoms with Crippen molar-refractivity contribution >= 4 is 44.1 Å². The lowest BCUT2D eigenvalue weighted by atomic mass is 10.2. The van der Waals surface area contributed by atoms with E-state index >= 15 is 0 Å². The monoisotopic (exact) mass is 467 g/mol. The number of sulfonamides is 1. The molecule has 4 rings (SSSR count). The topological polar surface area (TPSA) is 92.4 Å². The zero-order valence-corrected chi connectivity index (χ0v) is 18.2. The summed E-state index contributed by atoms with van der Waals surface area (Å²) in [4.78, 5) is 19.4. The Bertz CT molecular complexity index is 1220. The van der Waals surface area contributed by atoms with E-state index in [-0.39, 0.29) is 45.5 Å². The second-order valence-electron chi connectivity index (χ2n) is 7.01. The minimum atomic E-state index is -4.09. The molecule has 1 fully saturated rings. The Labute approximate surface area is 183 Å². The van der Waals surface area contributed by atoms with Gasteiger partial charge in [0.1, 0.15) is 10.7 Å². The molecule has 1 saturated heterocycles. The van der Waals surface area contributed by atoms with Crippen LogP contribution in [0.1, 0.15) is 18.7 Å². The summed E-state index contributed by atoms with van der Waals surface area (Å²) < 4.78 is 33.8. The second kappa shape index (κ2) is 8.64. The molecule has 1 aliphatic heterocycles. The van der Waals surface area contributed by atoms with Crippen molar-refractivity contribution in [1.29, 1.82) is 0 Å². The Kier molecular flexibility index (Phi) is 6.13. The van der Waals surface area contributed by atoms with Gasteiger partial charge in [-0.3, -0.25) is 4.79 Å². The molecule has 0 bridgehead atoms. The highest BCUT2D eigenvalue weighted by atomic mass is 35.5. The first-order chi connectivity index (χ1) is 14.4. The molecule has 0 saturated carbocycles. The first kappa shape index (κ1) is 21.3. The Morgan fingerprint density at radius 2 is 1.87 bits per heavy atom. The van der Waals surface area contributed by atoms with E-state index < -0.39 is 10.0 Å². The number of aromatic nitrogens is 2. The van der Waals surface area contributed by atoms with Crippen LogP contribution in [0.2, 0.25) is 10.0 Å². The van der Waals surface area contributed by atoms with Gasteiger partial charge in [0.25, 0.3) is 5.56 Å². The maximum atomic E-state index is 13.5. The first-order valence-corrected chi connectivity index (χ1v) is 11.6. The Balaban J connectivity index is 1.76. The van der Waals surface area contributed by atoms with E-state index in [2.05, 4.69) is 9.97 Å². The molecule has 2 heterocycles. The third kappa shape index (κ3) is 4.24. The van der Waals surface area contributed by atoms with Gasteiger partial charge in [-0.15, -0.1) is 0 Å².